The summed E-state index contributed by atoms with van der Waals surface area (Å²) in [4.78, 5) is 16.7. The highest BCUT2D eigenvalue weighted by Crippen LogP contribution is 2.36. The number of nitrogens with one attached hydrogen (secondary N) is 1. The maximum absolute atomic E-state index is 13.2. The molecule has 2 saturated heterocycles. The lowest BCUT2D eigenvalue weighted by atomic mass is 10.1. The van der Waals surface area contributed by atoms with Crippen LogP contribution in [-0.4, -0.2) is 65.7 Å². The Hall–Kier alpha value is -1.35. The predicted molar refractivity (Wildman–Crippen MR) is 101 cm³/mol. The molecule has 1 aromatic carbocycles. The van der Waals surface area contributed by atoms with Gasteiger partial charge in [0.2, 0.25) is 5.91 Å². The number of rotatable bonds is 6. The van der Waals surface area contributed by atoms with Crippen LogP contribution < -0.4 is 5.32 Å². The molecule has 0 spiro atoms. The van der Waals surface area contributed by atoms with Crippen LogP contribution >= 0.6 is 11.6 Å². The van der Waals surface area contributed by atoms with Crippen LogP contribution in [0, 0.1) is 0 Å². The maximum Gasteiger partial charge on any atom is 0.418 e. The van der Waals surface area contributed by atoms with E-state index >= 15 is 0 Å². The summed E-state index contributed by atoms with van der Waals surface area (Å²) >= 11 is 5.68. The van der Waals surface area contributed by atoms with Crippen molar-refractivity contribution in [1.29, 1.82) is 0 Å². The third kappa shape index (κ3) is 5.17. The second-order valence-corrected chi connectivity index (χ2v) is 7.91. The fourth-order valence-electron chi connectivity index (χ4n) is 4.16. The molecule has 156 valence electrons. The van der Waals surface area contributed by atoms with Gasteiger partial charge in [-0.1, -0.05) is 11.6 Å². The van der Waals surface area contributed by atoms with Crippen molar-refractivity contribution < 1.29 is 23.1 Å². The zero-order valence-corrected chi connectivity index (χ0v) is 16.3. The predicted octanol–water partition coefficient (Wildman–Crippen LogP) is 3.22. The van der Waals surface area contributed by atoms with Crippen molar-refractivity contribution in [2.45, 2.75) is 43.9 Å². The van der Waals surface area contributed by atoms with Crippen LogP contribution in [0.15, 0.2) is 18.2 Å². The van der Waals surface area contributed by atoms with E-state index in [9.17, 15) is 23.1 Å². The highest BCUT2D eigenvalue weighted by Gasteiger charge is 2.35. The van der Waals surface area contributed by atoms with Crippen LogP contribution in [0.1, 0.15) is 31.2 Å². The summed E-state index contributed by atoms with van der Waals surface area (Å²) in [5.41, 5.74) is -1.23. The number of nitrogens with zero attached hydrogens (tertiary/aromatic N) is 2. The van der Waals surface area contributed by atoms with E-state index in [1.807, 2.05) is 4.90 Å². The first-order chi connectivity index (χ1) is 13.3. The third-order valence-electron chi connectivity index (χ3n) is 5.56. The van der Waals surface area contributed by atoms with Gasteiger partial charge >= 0.3 is 6.18 Å². The van der Waals surface area contributed by atoms with Crippen LogP contribution in [0.5, 0.6) is 0 Å². The fourth-order valence-corrected chi connectivity index (χ4v) is 4.33. The number of likely N-dealkylation sites (tertiary alicyclic amines) is 2. The van der Waals surface area contributed by atoms with Gasteiger partial charge in [0.15, 0.2) is 0 Å². The Bertz CT molecular complexity index is 701. The molecule has 0 aromatic heterocycles. The standard InChI is InChI=1S/C19H25ClF3N3O2/c20-13-5-6-17(16(9-13)19(21,22)23)24-18(28)11-26-8-1-3-14(26)10-25-7-2-4-15(25)12-27/h5-6,9,14-15,27H,1-4,7-8,10-12H2,(H,24,28)/t14-,15+/m1/s1. The molecular formula is C19H25ClF3N3O2. The lowest BCUT2D eigenvalue weighted by molar-refractivity contribution is -0.137. The number of aliphatic hydroxyl groups excluding tert-OH is 1. The normalized spacial score (nSPS) is 24.0. The molecule has 28 heavy (non-hydrogen) atoms. The minimum atomic E-state index is -4.60. The van der Waals surface area contributed by atoms with Gasteiger partial charge in [0.1, 0.15) is 0 Å². The minimum Gasteiger partial charge on any atom is -0.395 e. The van der Waals surface area contributed by atoms with Gasteiger partial charge in [-0.25, -0.2) is 0 Å². The molecule has 9 heteroatoms. The zero-order valence-electron chi connectivity index (χ0n) is 15.5. The van der Waals surface area contributed by atoms with Crippen molar-refractivity contribution in [3.05, 3.63) is 28.8 Å². The monoisotopic (exact) mass is 419 g/mol. The van der Waals surface area contributed by atoms with Gasteiger partial charge in [0, 0.05) is 23.7 Å². The van der Waals surface area contributed by atoms with Crippen molar-refractivity contribution in [3.63, 3.8) is 0 Å². The summed E-state index contributed by atoms with van der Waals surface area (Å²) in [6.07, 6.45) is -0.685. The zero-order chi connectivity index (χ0) is 20.3. The topological polar surface area (TPSA) is 55.8 Å². The molecule has 2 aliphatic heterocycles. The molecule has 1 aromatic rings. The molecule has 2 aliphatic rings. The molecule has 2 fully saturated rings. The Morgan fingerprint density at radius 3 is 2.54 bits per heavy atom. The largest absolute Gasteiger partial charge is 0.418 e. The quantitative estimate of drug-likeness (QED) is 0.743. The van der Waals surface area contributed by atoms with Gasteiger partial charge in [-0.3, -0.25) is 14.6 Å². The van der Waals surface area contributed by atoms with Gasteiger partial charge in [0.05, 0.1) is 24.4 Å². The number of carbonyl (C=O) groups excluding carboxylic acids is 1. The van der Waals surface area contributed by atoms with Crippen molar-refractivity contribution in [1.82, 2.24) is 9.80 Å². The lowest BCUT2D eigenvalue weighted by Gasteiger charge is -2.31. The number of hydrogen-bond acceptors (Lipinski definition) is 4. The first-order valence-corrected chi connectivity index (χ1v) is 9.91. The van der Waals surface area contributed by atoms with E-state index in [1.54, 1.807) is 0 Å². The fraction of sp³-hybridized carbons (Fsp3) is 0.632. The first-order valence-electron chi connectivity index (χ1n) is 9.53. The molecule has 1 amide bonds. The summed E-state index contributed by atoms with van der Waals surface area (Å²) in [7, 11) is 0. The van der Waals surface area contributed by atoms with Crippen LogP contribution in [0.3, 0.4) is 0 Å². The number of carbonyl (C=O) groups is 1. The summed E-state index contributed by atoms with van der Waals surface area (Å²) in [5.74, 6) is -0.472. The average Bonchev–Trinajstić information content (AvgIpc) is 3.25. The molecular weight excluding hydrogens is 395 g/mol. The van der Waals surface area contributed by atoms with E-state index in [1.165, 1.54) is 12.1 Å². The second kappa shape index (κ2) is 8.98. The summed E-state index contributed by atoms with van der Waals surface area (Å²) < 4.78 is 39.6. The Morgan fingerprint density at radius 2 is 1.86 bits per heavy atom. The Morgan fingerprint density at radius 1 is 1.18 bits per heavy atom. The van der Waals surface area contributed by atoms with Crippen molar-refractivity contribution in [2.75, 3.05) is 38.1 Å². The number of halogens is 4. The van der Waals surface area contributed by atoms with Crippen LogP contribution in [-0.2, 0) is 11.0 Å². The average molecular weight is 420 g/mol. The van der Waals surface area contributed by atoms with Crippen LogP contribution in [0.25, 0.3) is 0 Å². The van der Waals surface area contributed by atoms with E-state index in [0.29, 0.717) is 0 Å². The first kappa shape index (κ1) is 21.4. The third-order valence-corrected chi connectivity index (χ3v) is 5.80. The molecule has 2 N–H and O–H groups in total. The molecule has 5 nitrogen and oxygen atoms in total. The molecule has 0 radical (unpaired) electrons. The highest BCUT2D eigenvalue weighted by molar-refractivity contribution is 6.30. The Kier molecular flexibility index (Phi) is 6.85. The van der Waals surface area contributed by atoms with Crippen molar-refractivity contribution >= 4 is 23.2 Å². The molecule has 0 bridgehead atoms. The summed E-state index contributed by atoms with van der Waals surface area (Å²) in [6, 6.07) is 3.66. The summed E-state index contributed by atoms with van der Waals surface area (Å²) in [5, 5.41) is 11.8. The van der Waals surface area contributed by atoms with Gasteiger partial charge in [-0.2, -0.15) is 13.2 Å². The minimum absolute atomic E-state index is 0.0334. The van der Waals surface area contributed by atoms with Gasteiger partial charge in [-0.15, -0.1) is 0 Å². The van der Waals surface area contributed by atoms with Gasteiger partial charge in [-0.05, 0) is 57.0 Å². The van der Waals surface area contributed by atoms with E-state index in [4.69, 9.17) is 11.6 Å². The lowest BCUT2D eigenvalue weighted by Crippen LogP contribution is -2.45. The van der Waals surface area contributed by atoms with Gasteiger partial charge < -0.3 is 10.4 Å². The molecule has 0 saturated carbocycles. The highest BCUT2D eigenvalue weighted by atomic mass is 35.5. The number of hydrogen-bond donors (Lipinski definition) is 2. The molecule has 0 aliphatic carbocycles. The van der Waals surface area contributed by atoms with Crippen LogP contribution in [0.4, 0.5) is 18.9 Å². The number of anilines is 1. The SMILES string of the molecule is O=C(CN1CCC[C@@H]1CN1CCC[C@H]1CO)Nc1ccc(Cl)cc1C(F)(F)F. The van der Waals surface area contributed by atoms with Crippen LogP contribution in [0.2, 0.25) is 5.02 Å². The van der Waals surface area contributed by atoms with E-state index in [2.05, 4.69) is 10.2 Å². The second-order valence-electron chi connectivity index (χ2n) is 7.48. The van der Waals surface area contributed by atoms with Crippen molar-refractivity contribution in [2.24, 2.45) is 0 Å². The maximum atomic E-state index is 13.2. The number of aliphatic hydroxyl groups is 1. The smallest absolute Gasteiger partial charge is 0.395 e. The molecule has 0 unspecified atom stereocenters. The van der Waals surface area contributed by atoms with E-state index < -0.39 is 17.6 Å². The molecule has 2 heterocycles. The van der Waals surface area contributed by atoms with Crippen molar-refractivity contribution in [3.8, 4) is 0 Å². The Balaban J connectivity index is 1.61. The summed E-state index contributed by atoms with van der Waals surface area (Å²) in [6.45, 7) is 2.61. The van der Waals surface area contributed by atoms with E-state index in [0.717, 1.165) is 51.4 Å². The molecule has 2 atom stereocenters. The Labute approximate surface area is 167 Å². The number of benzene rings is 1. The molecule has 3 rings (SSSR count). The van der Waals surface area contributed by atoms with Gasteiger partial charge in [0.25, 0.3) is 0 Å². The van der Waals surface area contributed by atoms with E-state index in [-0.39, 0.29) is 35.9 Å². The number of amides is 1. The number of alkyl halides is 3.